The molecule has 0 aliphatic heterocycles. The molecule has 102 valence electrons. The van der Waals surface area contributed by atoms with Crippen LogP contribution in [0, 0.1) is 5.92 Å². The maximum atomic E-state index is 5.95. The quantitative estimate of drug-likeness (QED) is 0.552. The first-order chi connectivity index (χ1) is 8.65. The highest BCUT2D eigenvalue weighted by Crippen LogP contribution is 2.28. The van der Waals surface area contributed by atoms with Crippen molar-refractivity contribution in [1.29, 1.82) is 0 Å². The van der Waals surface area contributed by atoms with Gasteiger partial charge in [0, 0.05) is 13.2 Å². The minimum atomic E-state index is 0.641. The molecule has 0 radical (unpaired) electrons. The first-order valence-electron chi connectivity index (χ1n) is 6.39. The summed E-state index contributed by atoms with van der Waals surface area (Å²) in [6, 6.07) is 5.70. The molecule has 0 saturated carbocycles. The summed E-state index contributed by atoms with van der Waals surface area (Å²) in [4.78, 5) is 0. The van der Waals surface area contributed by atoms with E-state index in [2.05, 4.69) is 19.2 Å². The van der Waals surface area contributed by atoms with Crippen molar-refractivity contribution in [3.05, 3.63) is 18.2 Å². The average Bonchev–Trinajstić information content (AvgIpc) is 2.35. The van der Waals surface area contributed by atoms with Gasteiger partial charge in [0.1, 0.15) is 5.75 Å². The molecule has 0 saturated heterocycles. The van der Waals surface area contributed by atoms with Gasteiger partial charge >= 0.3 is 0 Å². The smallest absolute Gasteiger partial charge is 0.143 e. The van der Waals surface area contributed by atoms with Crippen molar-refractivity contribution in [2.45, 2.75) is 20.3 Å². The molecule has 0 bridgehead atoms. The van der Waals surface area contributed by atoms with Crippen LogP contribution in [-0.4, -0.2) is 26.9 Å². The Morgan fingerprint density at radius 1 is 1.28 bits per heavy atom. The fraction of sp³-hybridized carbons (Fsp3) is 0.571. The normalized spacial score (nSPS) is 10.7. The maximum Gasteiger partial charge on any atom is 0.143 e. The monoisotopic (exact) mass is 252 g/mol. The molecule has 18 heavy (non-hydrogen) atoms. The minimum Gasteiger partial charge on any atom is -0.495 e. The average molecular weight is 252 g/mol. The van der Waals surface area contributed by atoms with Gasteiger partial charge in [0.05, 0.1) is 25.1 Å². The molecule has 0 aliphatic carbocycles. The van der Waals surface area contributed by atoms with Gasteiger partial charge in [0.2, 0.25) is 0 Å². The van der Waals surface area contributed by atoms with E-state index in [1.807, 2.05) is 18.2 Å². The van der Waals surface area contributed by atoms with E-state index in [-0.39, 0.29) is 0 Å². The topological polar surface area (TPSA) is 56.5 Å². The molecule has 1 aromatic rings. The number of nitrogen functional groups attached to an aromatic ring is 1. The van der Waals surface area contributed by atoms with Gasteiger partial charge < -0.3 is 20.5 Å². The van der Waals surface area contributed by atoms with E-state index < -0.39 is 0 Å². The van der Waals surface area contributed by atoms with Gasteiger partial charge in [0.15, 0.2) is 0 Å². The number of nitrogens with one attached hydrogen (secondary N) is 1. The number of hydrogen-bond donors (Lipinski definition) is 2. The first-order valence-corrected chi connectivity index (χ1v) is 6.39. The Balaban J connectivity index is 2.27. The SMILES string of the molecule is COc1cccc(NCCOCCC(C)C)c1N. The summed E-state index contributed by atoms with van der Waals surface area (Å²) < 4.78 is 10.7. The van der Waals surface area contributed by atoms with E-state index in [4.69, 9.17) is 15.2 Å². The number of ether oxygens (including phenoxy) is 2. The summed E-state index contributed by atoms with van der Waals surface area (Å²) >= 11 is 0. The van der Waals surface area contributed by atoms with Gasteiger partial charge in [-0.05, 0) is 24.5 Å². The zero-order chi connectivity index (χ0) is 13.4. The van der Waals surface area contributed by atoms with E-state index in [9.17, 15) is 0 Å². The van der Waals surface area contributed by atoms with Gasteiger partial charge in [-0.25, -0.2) is 0 Å². The molecule has 1 aromatic carbocycles. The lowest BCUT2D eigenvalue weighted by molar-refractivity contribution is 0.132. The fourth-order valence-electron chi connectivity index (χ4n) is 1.56. The van der Waals surface area contributed by atoms with Gasteiger partial charge in [0.25, 0.3) is 0 Å². The molecule has 0 unspecified atom stereocenters. The summed E-state index contributed by atoms with van der Waals surface area (Å²) in [7, 11) is 1.62. The Bertz CT molecular complexity index is 354. The van der Waals surface area contributed by atoms with Crippen LogP contribution in [0.25, 0.3) is 0 Å². The van der Waals surface area contributed by atoms with Crippen LogP contribution in [0.15, 0.2) is 18.2 Å². The third kappa shape index (κ3) is 4.84. The maximum absolute atomic E-state index is 5.95. The van der Waals surface area contributed by atoms with Crippen LogP contribution in [0.2, 0.25) is 0 Å². The second kappa shape index (κ2) is 7.82. The molecule has 0 atom stereocenters. The van der Waals surface area contributed by atoms with E-state index >= 15 is 0 Å². The number of rotatable bonds is 8. The lowest BCUT2D eigenvalue weighted by Crippen LogP contribution is -2.12. The molecule has 3 N–H and O–H groups in total. The van der Waals surface area contributed by atoms with Crippen molar-refractivity contribution in [3.8, 4) is 5.75 Å². The molecule has 0 amide bonds. The number of hydrogen-bond acceptors (Lipinski definition) is 4. The molecular weight excluding hydrogens is 228 g/mol. The molecule has 1 rings (SSSR count). The predicted octanol–water partition coefficient (Wildman–Crippen LogP) is 2.75. The van der Waals surface area contributed by atoms with Crippen molar-refractivity contribution in [1.82, 2.24) is 0 Å². The van der Waals surface area contributed by atoms with Crippen molar-refractivity contribution in [3.63, 3.8) is 0 Å². The molecule has 0 aromatic heterocycles. The molecule has 0 fully saturated rings. The summed E-state index contributed by atoms with van der Waals surface area (Å²) in [5.41, 5.74) is 7.48. The summed E-state index contributed by atoms with van der Waals surface area (Å²) in [5, 5.41) is 3.25. The standard InChI is InChI=1S/C14H24N2O2/c1-11(2)7-9-18-10-8-16-12-5-4-6-13(17-3)14(12)15/h4-6,11,16H,7-10,15H2,1-3H3. The zero-order valence-corrected chi connectivity index (χ0v) is 11.5. The highest BCUT2D eigenvalue weighted by Gasteiger charge is 2.03. The molecular formula is C14H24N2O2. The number of methoxy groups -OCH3 is 1. The number of benzene rings is 1. The second-order valence-corrected chi connectivity index (χ2v) is 4.64. The van der Waals surface area contributed by atoms with Crippen LogP contribution in [-0.2, 0) is 4.74 Å². The highest BCUT2D eigenvalue weighted by molar-refractivity contribution is 5.72. The van der Waals surface area contributed by atoms with Crippen LogP contribution in [0.1, 0.15) is 20.3 Å². The summed E-state index contributed by atoms with van der Waals surface area (Å²) in [5.74, 6) is 1.38. The third-order valence-corrected chi connectivity index (χ3v) is 2.69. The van der Waals surface area contributed by atoms with Gasteiger partial charge in [-0.15, -0.1) is 0 Å². The van der Waals surface area contributed by atoms with Crippen molar-refractivity contribution < 1.29 is 9.47 Å². The fourth-order valence-corrected chi connectivity index (χ4v) is 1.56. The first kappa shape index (κ1) is 14.6. The van der Waals surface area contributed by atoms with Gasteiger partial charge in [-0.3, -0.25) is 0 Å². The number of nitrogens with two attached hydrogens (primary N) is 1. The number of para-hydroxylation sites is 1. The van der Waals surface area contributed by atoms with Crippen LogP contribution in [0.5, 0.6) is 5.75 Å². The second-order valence-electron chi connectivity index (χ2n) is 4.64. The van der Waals surface area contributed by atoms with Crippen molar-refractivity contribution >= 4 is 11.4 Å². The van der Waals surface area contributed by atoms with Crippen LogP contribution in [0.4, 0.5) is 11.4 Å². The lowest BCUT2D eigenvalue weighted by Gasteiger charge is -2.12. The van der Waals surface area contributed by atoms with E-state index in [1.165, 1.54) is 0 Å². The molecule has 4 nitrogen and oxygen atoms in total. The van der Waals surface area contributed by atoms with E-state index in [0.29, 0.717) is 24.0 Å². The highest BCUT2D eigenvalue weighted by atomic mass is 16.5. The molecule has 4 heteroatoms. The Kier molecular flexibility index (Phi) is 6.36. The third-order valence-electron chi connectivity index (χ3n) is 2.69. The molecule has 0 aliphatic rings. The van der Waals surface area contributed by atoms with Crippen molar-refractivity contribution in [2.75, 3.05) is 37.9 Å². The van der Waals surface area contributed by atoms with Gasteiger partial charge in [-0.1, -0.05) is 19.9 Å². The largest absolute Gasteiger partial charge is 0.495 e. The predicted molar refractivity (Wildman–Crippen MR) is 76.2 cm³/mol. The summed E-state index contributed by atoms with van der Waals surface area (Å²) in [6.45, 7) is 6.63. The van der Waals surface area contributed by atoms with Gasteiger partial charge in [-0.2, -0.15) is 0 Å². The Labute approximate surface area is 109 Å². The van der Waals surface area contributed by atoms with Crippen LogP contribution < -0.4 is 15.8 Å². The van der Waals surface area contributed by atoms with Crippen LogP contribution >= 0.6 is 0 Å². The van der Waals surface area contributed by atoms with Crippen molar-refractivity contribution in [2.24, 2.45) is 5.92 Å². The number of anilines is 2. The van der Waals surface area contributed by atoms with E-state index in [0.717, 1.165) is 25.3 Å². The summed E-state index contributed by atoms with van der Waals surface area (Å²) in [6.07, 6.45) is 1.10. The Morgan fingerprint density at radius 2 is 2.06 bits per heavy atom. The van der Waals surface area contributed by atoms with Crippen LogP contribution in [0.3, 0.4) is 0 Å². The lowest BCUT2D eigenvalue weighted by atomic mass is 10.1. The molecule has 0 spiro atoms. The Morgan fingerprint density at radius 3 is 2.72 bits per heavy atom. The minimum absolute atomic E-state index is 0.641. The van der Waals surface area contributed by atoms with E-state index in [1.54, 1.807) is 7.11 Å². The Hall–Kier alpha value is -1.42. The molecule has 0 heterocycles. The zero-order valence-electron chi connectivity index (χ0n) is 11.5.